The Hall–Kier alpha value is -1.35. The highest BCUT2D eigenvalue weighted by Gasteiger charge is 2.26. The zero-order valence-electron chi connectivity index (χ0n) is 12.0. The van der Waals surface area contributed by atoms with E-state index in [4.69, 9.17) is 10.7 Å². The van der Waals surface area contributed by atoms with Gasteiger partial charge >= 0.3 is 0 Å². The lowest BCUT2D eigenvalue weighted by Gasteiger charge is -2.22. The molecule has 98 valence electrons. The molecular formula is C15H23N3. The van der Waals surface area contributed by atoms with Crippen LogP contribution in [0.1, 0.15) is 45.0 Å². The van der Waals surface area contributed by atoms with Crippen LogP contribution < -0.4 is 5.73 Å². The highest BCUT2D eigenvalue weighted by molar-refractivity contribution is 5.80. The van der Waals surface area contributed by atoms with Gasteiger partial charge in [-0.3, -0.25) is 0 Å². The molecule has 18 heavy (non-hydrogen) atoms. The monoisotopic (exact) mass is 245 g/mol. The molecule has 0 saturated carbocycles. The number of benzene rings is 1. The van der Waals surface area contributed by atoms with Crippen LogP contribution in [0.5, 0.6) is 0 Å². The standard InChI is InChI=1S/C15H23N3/c1-10(2)11-7-6-8-12-13(11)18(5)14(17-12)15(3,4)9-16/h6-8,10H,9,16H2,1-5H3. The normalized spacial score (nSPS) is 12.6. The highest BCUT2D eigenvalue weighted by Crippen LogP contribution is 2.29. The third-order valence-corrected chi connectivity index (χ3v) is 3.66. The molecule has 1 aromatic carbocycles. The maximum atomic E-state index is 5.87. The van der Waals surface area contributed by atoms with E-state index < -0.39 is 0 Å². The molecule has 1 heterocycles. The van der Waals surface area contributed by atoms with Gasteiger partial charge in [0.1, 0.15) is 5.82 Å². The molecule has 0 amide bonds. The fourth-order valence-electron chi connectivity index (χ4n) is 2.46. The smallest absolute Gasteiger partial charge is 0.116 e. The topological polar surface area (TPSA) is 43.8 Å². The molecule has 2 rings (SSSR count). The molecule has 0 aliphatic rings. The number of hydrogen-bond donors (Lipinski definition) is 1. The lowest BCUT2D eigenvalue weighted by Crippen LogP contribution is -2.31. The Morgan fingerprint density at radius 1 is 1.33 bits per heavy atom. The van der Waals surface area contributed by atoms with E-state index in [2.05, 4.69) is 57.5 Å². The largest absolute Gasteiger partial charge is 0.330 e. The van der Waals surface area contributed by atoms with E-state index >= 15 is 0 Å². The van der Waals surface area contributed by atoms with Gasteiger partial charge < -0.3 is 10.3 Å². The number of nitrogens with two attached hydrogens (primary N) is 1. The van der Waals surface area contributed by atoms with E-state index in [1.807, 2.05) is 0 Å². The number of nitrogens with zero attached hydrogens (tertiary/aromatic N) is 2. The first-order valence-corrected chi connectivity index (χ1v) is 6.54. The Balaban J connectivity index is 2.75. The molecule has 0 unspecified atom stereocenters. The van der Waals surface area contributed by atoms with Crippen molar-refractivity contribution in [2.45, 2.75) is 39.0 Å². The van der Waals surface area contributed by atoms with E-state index in [9.17, 15) is 0 Å². The Kier molecular flexibility index (Phi) is 3.20. The minimum Gasteiger partial charge on any atom is -0.330 e. The van der Waals surface area contributed by atoms with Gasteiger partial charge in [0.25, 0.3) is 0 Å². The predicted molar refractivity (Wildman–Crippen MR) is 76.9 cm³/mol. The summed E-state index contributed by atoms with van der Waals surface area (Å²) < 4.78 is 2.21. The fraction of sp³-hybridized carbons (Fsp3) is 0.533. The van der Waals surface area contributed by atoms with E-state index in [0.29, 0.717) is 12.5 Å². The maximum Gasteiger partial charge on any atom is 0.116 e. The number of para-hydroxylation sites is 1. The van der Waals surface area contributed by atoms with E-state index in [0.717, 1.165) is 11.3 Å². The molecule has 1 aromatic heterocycles. The van der Waals surface area contributed by atoms with Crippen LogP contribution in [0.2, 0.25) is 0 Å². The van der Waals surface area contributed by atoms with E-state index in [-0.39, 0.29) is 5.41 Å². The van der Waals surface area contributed by atoms with Crippen LogP contribution in [-0.4, -0.2) is 16.1 Å². The zero-order valence-corrected chi connectivity index (χ0v) is 12.0. The third kappa shape index (κ3) is 1.93. The van der Waals surface area contributed by atoms with Crippen molar-refractivity contribution in [3.63, 3.8) is 0 Å². The van der Waals surface area contributed by atoms with Gasteiger partial charge in [0.15, 0.2) is 0 Å². The summed E-state index contributed by atoms with van der Waals surface area (Å²) in [5, 5.41) is 0. The minimum absolute atomic E-state index is 0.0952. The first-order chi connectivity index (χ1) is 8.38. The Morgan fingerprint density at radius 2 is 2.00 bits per heavy atom. The quantitative estimate of drug-likeness (QED) is 0.903. The molecule has 3 heteroatoms. The van der Waals surface area contributed by atoms with Crippen molar-refractivity contribution in [3.8, 4) is 0 Å². The lowest BCUT2D eigenvalue weighted by atomic mass is 9.93. The summed E-state index contributed by atoms with van der Waals surface area (Å²) in [4.78, 5) is 4.78. The number of rotatable bonds is 3. The van der Waals surface area contributed by atoms with Crippen molar-refractivity contribution in [1.82, 2.24) is 9.55 Å². The molecule has 0 saturated heterocycles. The average Bonchev–Trinajstić information content (AvgIpc) is 2.67. The van der Waals surface area contributed by atoms with Crippen LogP contribution >= 0.6 is 0 Å². The van der Waals surface area contributed by atoms with Crippen LogP contribution in [-0.2, 0) is 12.5 Å². The van der Waals surface area contributed by atoms with Gasteiger partial charge in [-0.15, -0.1) is 0 Å². The number of hydrogen-bond acceptors (Lipinski definition) is 2. The Bertz CT molecular complexity index is 564. The highest BCUT2D eigenvalue weighted by atomic mass is 15.1. The molecule has 0 radical (unpaired) electrons. The van der Waals surface area contributed by atoms with Crippen LogP contribution in [0.25, 0.3) is 11.0 Å². The molecule has 0 aliphatic carbocycles. The fourth-order valence-corrected chi connectivity index (χ4v) is 2.46. The van der Waals surface area contributed by atoms with Gasteiger partial charge in [-0.1, -0.05) is 39.8 Å². The summed E-state index contributed by atoms with van der Waals surface area (Å²) in [5.41, 5.74) is 9.44. The summed E-state index contributed by atoms with van der Waals surface area (Å²) in [6.07, 6.45) is 0. The lowest BCUT2D eigenvalue weighted by molar-refractivity contribution is 0.487. The van der Waals surface area contributed by atoms with E-state index in [1.54, 1.807) is 0 Å². The molecular weight excluding hydrogens is 222 g/mol. The van der Waals surface area contributed by atoms with Crippen LogP contribution in [0.15, 0.2) is 18.2 Å². The van der Waals surface area contributed by atoms with Crippen molar-refractivity contribution < 1.29 is 0 Å². The minimum atomic E-state index is -0.0952. The average molecular weight is 245 g/mol. The molecule has 0 aliphatic heterocycles. The summed E-state index contributed by atoms with van der Waals surface area (Å²) in [6.45, 7) is 9.32. The van der Waals surface area contributed by atoms with Crippen molar-refractivity contribution in [2.24, 2.45) is 12.8 Å². The van der Waals surface area contributed by atoms with Gasteiger partial charge in [0.2, 0.25) is 0 Å². The summed E-state index contributed by atoms with van der Waals surface area (Å²) in [6, 6.07) is 6.36. The second-order valence-electron chi connectivity index (χ2n) is 5.95. The summed E-state index contributed by atoms with van der Waals surface area (Å²) in [7, 11) is 2.09. The van der Waals surface area contributed by atoms with Gasteiger partial charge in [0, 0.05) is 19.0 Å². The SMILES string of the molecule is CC(C)c1cccc2nc(C(C)(C)CN)n(C)c12. The summed E-state index contributed by atoms with van der Waals surface area (Å²) in [5.74, 6) is 1.56. The first-order valence-electron chi connectivity index (χ1n) is 6.54. The zero-order chi connectivity index (χ0) is 13.5. The molecule has 0 atom stereocenters. The molecule has 3 nitrogen and oxygen atoms in total. The second-order valence-corrected chi connectivity index (χ2v) is 5.95. The number of imidazole rings is 1. The molecule has 0 fully saturated rings. The number of fused-ring (bicyclic) bond motifs is 1. The maximum absolute atomic E-state index is 5.87. The van der Waals surface area contributed by atoms with E-state index in [1.165, 1.54) is 11.1 Å². The van der Waals surface area contributed by atoms with Crippen molar-refractivity contribution in [2.75, 3.05) is 6.54 Å². The Morgan fingerprint density at radius 3 is 2.56 bits per heavy atom. The van der Waals surface area contributed by atoms with Crippen molar-refractivity contribution >= 4 is 11.0 Å². The summed E-state index contributed by atoms with van der Waals surface area (Å²) >= 11 is 0. The van der Waals surface area contributed by atoms with Gasteiger partial charge in [-0.2, -0.15) is 0 Å². The van der Waals surface area contributed by atoms with Crippen LogP contribution in [0, 0.1) is 0 Å². The first kappa shape index (κ1) is 13.1. The third-order valence-electron chi connectivity index (χ3n) is 3.66. The van der Waals surface area contributed by atoms with Crippen LogP contribution in [0.4, 0.5) is 0 Å². The van der Waals surface area contributed by atoms with Crippen molar-refractivity contribution in [1.29, 1.82) is 0 Å². The number of aryl methyl sites for hydroxylation is 1. The molecule has 2 N–H and O–H groups in total. The second kappa shape index (κ2) is 4.39. The molecule has 2 aromatic rings. The van der Waals surface area contributed by atoms with Crippen molar-refractivity contribution in [3.05, 3.63) is 29.6 Å². The van der Waals surface area contributed by atoms with Gasteiger partial charge in [0.05, 0.1) is 11.0 Å². The van der Waals surface area contributed by atoms with Gasteiger partial charge in [-0.25, -0.2) is 4.98 Å². The Labute approximate surface area is 109 Å². The molecule has 0 bridgehead atoms. The molecule has 0 spiro atoms. The number of aromatic nitrogens is 2. The van der Waals surface area contributed by atoms with Gasteiger partial charge in [-0.05, 0) is 17.5 Å². The predicted octanol–water partition coefficient (Wildman–Crippen LogP) is 2.93. The van der Waals surface area contributed by atoms with Crippen LogP contribution in [0.3, 0.4) is 0 Å².